The van der Waals surface area contributed by atoms with E-state index in [4.69, 9.17) is 24.1 Å². The normalized spacial score (nSPS) is 37.4. The quantitative estimate of drug-likeness (QED) is 0.202. The number of carboxylic acid groups (broad SMARTS) is 1. The first kappa shape index (κ1) is 24.8. The summed E-state index contributed by atoms with van der Waals surface area (Å²) in [5.74, 6) is -0.752. The van der Waals surface area contributed by atoms with Gasteiger partial charge in [-0.3, -0.25) is 4.79 Å². The van der Waals surface area contributed by atoms with Crippen LogP contribution in [0.5, 0.6) is 5.75 Å². The number of aliphatic carboxylic acids is 1. The lowest BCUT2D eigenvalue weighted by atomic mass is 9.99. The largest absolute Gasteiger partial charge is 0.481 e. The Morgan fingerprint density at radius 2 is 1.81 bits per heavy atom. The lowest BCUT2D eigenvalue weighted by Crippen LogP contribution is -2.60. The van der Waals surface area contributed by atoms with Gasteiger partial charge in [0.15, 0.2) is 6.29 Å². The van der Waals surface area contributed by atoms with Gasteiger partial charge in [-0.1, -0.05) is 18.2 Å². The highest BCUT2D eigenvalue weighted by Gasteiger charge is 2.50. The number of ether oxygens (including phenoxy) is 4. The number of hydrogen-bond acceptors (Lipinski definition) is 11. The van der Waals surface area contributed by atoms with E-state index in [1.807, 2.05) is 0 Å². The van der Waals surface area contributed by atoms with Crippen molar-refractivity contribution in [2.24, 2.45) is 0 Å². The number of aliphatic hydroxyl groups excluding tert-OH is 5. The summed E-state index contributed by atoms with van der Waals surface area (Å²) in [6.45, 7) is -1.53. The van der Waals surface area contributed by atoms with Gasteiger partial charge in [0.1, 0.15) is 41.9 Å². The molecule has 32 heavy (non-hydrogen) atoms. The maximum Gasteiger partial charge on any atom is 0.303 e. The van der Waals surface area contributed by atoms with Crippen LogP contribution in [-0.2, 0) is 25.4 Å². The first-order valence-corrected chi connectivity index (χ1v) is 10.1. The van der Waals surface area contributed by atoms with Gasteiger partial charge in [0.2, 0.25) is 6.29 Å². The molecule has 1 aromatic rings. The zero-order valence-electron chi connectivity index (χ0n) is 17.1. The summed E-state index contributed by atoms with van der Waals surface area (Å²) in [6.07, 6.45) is -10.3. The predicted molar refractivity (Wildman–Crippen MR) is 103 cm³/mol. The molecule has 0 saturated carbocycles. The van der Waals surface area contributed by atoms with Gasteiger partial charge >= 0.3 is 5.97 Å². The minimum atomic E-state index is -1.89. The van der Waals surface area contributed by atoms with Gasteiger partial charge < -0.3 is 54.7 Å². The minimum Gasteiger partial charge on any atom is -0.481 e. The zero-order chi connectivity index (χ0) is 23.5. The van der Waals surface area contributed by atoms with E-state index in [2.05, 4.69) is 0 Å². The number of aliphatic hydroxyl groups is 6. The summed E-state index contributed by atoms with van der Waals surface area (Å²) in [4.78, 5) is 10.9. The number of aryl methyl sites for hydroxylation is 1. The summed E-state index contributed by atoms with van der Waals surface area (Å²) in [7, 11) is 0. The van der Waals surface area contributed by atoms with Crippen LogP contribution in [0, 0.1) is 0 Å². The maximum absolute atomic E-state index is 10.9. The van der Waals surface area contributed by atoms with Crippen molar-refractivity contribution in [2.75, 3.05) is 19.8 Å². The van der Waals surface area contributed by atoms with Crippen LogP contribution in [0.3, 0.4) is 0 Å². The second kappa shape index (κ2) is 10.4. The summed E-state index contributed by atoms with van der Waals surface area (Å²) < 4.78 is 21.7. The highest BCUT2D eigenvalue weighted by molar-refractivity contribution is 5.67. The van der Waals surface area contributed by atoms with Crippen LogP contribution in [0.2, 0.25) is 0 Å². The molecule has 2 heterocycles. The van der Waals surface area contributed by atoms with Crippen LogP contribution >= 0.6 is 0 Å². The Bertz CT molecular complexity index is 775. The van der Waals surface area contributed by atoms with Crippen molar-refractivity contribution in [3.05, 3.63) is 29.8 Å². The van der Waals surface area contributed by atoms with Crippen molar-refractivity contribution in [2.45, 2.75) is 61.5 Å². The van der Waals surface area contributed by atoms with Gasteiger partial charge in [-0.05, 0) is 18.1 Å². The highest BCUT2D eigenvalue weighted by Crippen LogP contribution is 2.29. The fourth-order valence-corrected chi connectivity index (χ4v) is 3.47. The van der Waals surface area contributed by atoms with Crippen LogP contribution in [0.25, 0.3) is 0 Å². The van der Waals surface area contributed by atoms with E-state index < -0.39 is 67.9 Å². The average molecular weight is 460 g/mol. The van der Waals surface area contributed by atoms with Crippen molar-refractivity contribution < 1.29 is 59.5 Å². The molecule has 12 nitrogen and oxygen atoms in total. The van der Waals surface area contributed by atoms with Gasteiger partial charge in [0.05, 0.1) is 19.8 Å². The van der Waals surface area contributed by atoms with Crippen molar-refractivity contribution in [3.63, 3.8) is 0 Å². The van der Waals surface area contributed by atoms with Crippen LogP contribution in [0.4, 0.5) is 0 Å². The maximum atomic E-state index is 10.9. The first-order valence-electron chi connectivity index (χ1n) is 10.1. The molecule has 0 bridgehead atoms. The standard InChI is InChI=1S/C20H28O12/c21-8-20(28)9-30-19(17(20)27)29-7-12-14(24)15(25)16(26)18(32-12)31-11-4-2-1-3-10(11)5-6-13(22)23/h1-4,12,14-19,21,24-28H,5-9H2,(H,22,23). The smallest absolute Gasteiger partial charge is 0.303 e. The number of carboxylic acids is 1. The second-order valence-electron chi connectivity index (χ2n) is 7.85. The van der Waals surface area contributed by atoms with Crippen molar-refractivity contribution in [1.29, 1.82) is 0 Å². The molecule has 0 spiro atoms. The summed E-state index contributed by atoms with van der Waals surface area (Å²) in [5.41, 5.74) is -1.34. The van der Waals surface area contributed by atoms with E-state index in [-0.39, 0.29) is 25.2 Å². The second-order valence-corrected chi connectivity index (χ2v) is 7.85. The molecule has 1 aromatic carbocycles. The van der Waals surface area contributed by atoms with Gasteiger partial charge in [-0.15, -0.1) is 0 Å². The zero-order valence-corrected chi connectivity index (χ0v) is 17.1. The Morgan fingerprint density at radius 3 is 2.47 bits per heavy atom. The molecule has 0 amide bonds. The molecular formula is C20H28O12. The van der Waals surface area contributed by atoms with Crippen LogP contribution in [0.15, 0.2) is 24.3 Å². The molecular weight excluding hydrogens is 432 g/mol. The molecule has 3 rings (SSSR count). The van der Waals surface area contributed by atoms with E-state index in [1.165, 1.54) is 0 Å². The van der Waals surface area contributed by atoms with E-state index in [0.29, 0.717) is 5.56 Å². The molecule has 0 aromatic heterocycles. The Labute approximate surface area is 183 Å². The molecule has 12 heteroatoms. The molecule has 8 unspecified atom stereocenters. The van der Waals surface area contributed by atoms with E-state index >= 15 is 0 Å². The summed E-state index contributed by atoms with van der Waals surface area (Å²) in [5, 5.41) is 68.9. The average Bonchev–Trinajstić information content (AvgIpc) is 3.07. The molecule has 180 valence electrons. The number of rotatable bonds is 9. The third kappa shape index (κ3) is 5.36. The van der Waals surface area contributed by atoms with Crippen LogP contribution in [-0.4, -0.2) is 110 Å². The van der Waals surface area contributed by atoms with Crippen LogP contribution in [0.1, 0.15) is 12.0 Å². The predicted octanol–water partition coefficient (Wildman–Crippen LogP) is -2.65. The van der Waals surface area contributed by atoms with Gasteiger partial charge in [-0.25, -0.2) is 0 Å². The summed E-state index contributed by atoms with van der Waals surface area (Å²) >= 11 is 0. The molecule has 2 aliphatic rings. The topological polar surface area (TPSA) is 196 Å². The fraction of sp³-hybridized carbons (Fsp3) is 0.650. The molecule has 2 aliphatic heterocycles. The van der Waals surface area contributed by atoms with Crippen molar-refractivity contribution in [1.82, 2.24) is 0 Å². The van der Waals surface area contributed by atoms with E-state index in [9.17, 15) is 35.4 Å². The number of para-hydroxylation sites is 1. The SMILES string of the molecule is O=C(O)CCc1ccccc1OC1OC(COC2OCC(O)(CO)C2O)C(O)C(O)C1O. The third-order valence-corrected chi connectivity index (χ3v) is 5.50. The number of hydrogen-bond donors (Lipinski definition) is 7. The molecule has 2 fully saturated rings. The Hall–Kier alpha value is -1.87. The first-order chi connectivity index (χ1) is 15.2. The van der Waals surface area contributed by atoms with Gasteiger partial charge in [0.25, 0.3) is 0 Å². The lowest BCUT2D eigenvalue weighted by Gasteiger charge is -2.40. The monoisotopic (exact) mass is 460 g/mol. The molecule has 0 radical (unpaired) electrons. The highest BCUT2D eigenvalue weighted by atomic mass is 16.7. The molecule has 2 saturated heterocycles. The molecule has 0 aliphatic carbocycles. The van der Waals surface area contributed by atoms with Crippen molar-refractivity contribution >= 4 is 5.97 Å². The van der Waals surface area contributed by atoms with Crippen molar-refractivity contribution in [3.8, 4) is 5.75 Å². The van der Waals surface area contributed by atoms with Crippen LogP contribution < -0.4 is 4.74 Å². The summed E-state index contributed by atoms with van der Waals surface area (Å²) in [6, 6.07) is 6.54. The van der Waals surface area contributed by atoms with Gasteiger partial charge in [-0.2, -0.15) is 0 Å². The van der Waals surface area contributed by atoms with E-state index in [1.54, 1.807) is 24.3 Å². The molecule has 7 N–H and O–H groups in total. The Morgan fingerprint density at radius 1 is 1.09 bits per heavy atom. The fourth-order valence-electron chi connectivity index (χ4n) is 3.47. The lowest BCUT2D eigenvalue weighted by molar-refractivity contribution is -0.289. The molecule has 8 atom stereocenters. The minimum absolute atomic E-state index is 0.143. The number of carbonyl (C=O) groups is 1. The Balaban J connectivity index is 1.65. The number of benzene rings is 1. The van der Waals surface area contributed by atoms with E-state index in [0.717, 1.165) is 0 Å². The Kier molecular flexibility index (Phi) is 8.03. The van der Waals surface area contributed by atoms with Gasteiger partial charge in [0, 0.05) is 6.42 Å². The third-order valence-electron chi connectivity index (χ3n) is 5.50.